The molecule has 1 saturated heterocycles. The molecule has 3 rings (SSSR count). The standard InChI is InChI=1S/C16H22ClNO/c1-10-12-6-2-3-7-13(12)15(17)16(19)14(10)9-11-5-4-8-18-11/h11,18-19H,2-9H2,1H3. The van der Waals surface area contributed by atoms with Gasteiger partial charge in [0.1, 0.15) is 5.75 Å². The third kappa shape index (κ3) is 2.36. The lowest BCUT2D eigenvalue weighted by Crippen LogP contribution is -2.24. The first kappa shape index (κ1) is 13.3. The summed E-state index contributed by atoms with van der Waals surface area (Å²) in [5.74, 6) is 0.341. The van der Waals surface area contributed by atoms with Crippen LogP contribution in [0.1, 0.15) is 47.9 Å². The van der Waals surface area contributed by atoms with Crippen molar-refractivity contribution in [3.8, 4) is 5.75 Å². The molecule has 2 nitrogen and oxygen atoms in total. The molecule has 0 bridgehead atoms. The van der Waals surface area contributed by atoms with Gasteiger partial charge in [-0.1, -0.05) is 11.6 Å². The Morgan fingerprint density at radius 1 is 1.21 bits per heavy atom. The van der Waals surface area contributed by atoms with Crippen LogP contribution in [0.4, 0.5) is 0 Å². The largest absolute Gasteiger partial charge is 0.506 e. The zero-order valence-electron chi connectivity index (χ0n) is 11.6. The van der Waals surface area contributed by atoms with E-state index in [0.717, 1.165) is 31.4 Å². The van der Waals surface area contributed by atoms with Gasteiger partial charge in [0.2, 0.25) is 0 Å². The third-order valence-corrected chi connectivity index (χ3v) is 5.15. The number of nitrogens with one attached hydrogen (secondary N) is 1. The highest BCUT2D eigenvalue weighted by atomic mass is 35.5. The second-order valence-corrected chi connectivity index (χ2v) is 6.31. The summed E-state index contributed by atoms with van der Waals surface area (Å²) < 4.78 is 0. The molecule has 1 aliphatic carbocycles. The van der Waals surface area contributed by atoms with E-state index in [4.69, 9.17) is 11.6 Å². The molecule has 0 saturated carbocycles. The summed E-state index contributed by atoms with van der Waals surface area (Å²) in [4.78, 5) is 0. The number of benzene rings is 1. The highest BCUT2D eigenvalue weighted by Gasteiger charge is 2.24. The number of hydrogen-bond donors (Lipinski definition) is 2. The SMILES string of the molecule is Cc1c(CC2CCCN2)c(O)c(Cl)c2c1CCCC2. The molecule has 104 valence electrons. The highest BCUT2D eigenvalue weighted by Crippen LogP contribution is 2.41. The maximum atomic E-state index is 10.4. The molecule has 2 N–H and O–H groups in total. The number of phenols is 1. The van der Waals surface area contributed by atoms with Crippen molar-refractivity contribution in [2.24, 2.45) is 0 Å². The summed E-state index contributed by atoms with van der Waals surface area (Å²) in [5.41, 5.74) is 4.96. The first-order chi connectivity index (χ1) is 9.18. The Labute approximate surface area is 120 Å². The van der Waals surface area contributed by atoms with Crippen LogP contribution in [0.25, 0.3) is 0 Å². The maximum Gasteiger partial charge on any atom is 0.137 e. The third-order valence-electron chi connectivity index (χ3n) is 4.74. The fourth-order valence-electron chi connectivity index (χ4n) is 3.62. The van der Waals surface area contributed by atoms with Crippen LogP contribution < -0.4 is 5.32 Å². The first-order valence-electron chi connectivity index (χ1n) is 7.43. The number of halogens is 1. The lowest BCUT2D eigenvalue weighted by Gasteiger charge is -2.24. The molecular formula is C16H22ClNO. The number of rotatable bonds is 2. The Bertz CT molecular complexity index is 492. The Kier molecular flexibility index (Phi) is 3.72. The number of phenolic OH excluding ortho intramolecular Hbond substituents is 1. The van der Waals surface area contributed by atoms with Crippen LogP contribution in [0, 0.1) is 6.92 Å². The summed E-state index contributed by atoms with van der Waals surface area (Å²) in [6, 6.07) is 0.502. The summed E-state index contributed by atoms with van der Waals surface area (Å²) in [6.07, 6.45) is 7.92. The van der Waals surface area contributed by atoms with Gasteiger partial charge in [0, 0.05) is 11.6 Å². The summed E-state index contributed by atoms with van der Waals surface area (Å²) >= 11 is 6.40. The second kappa shape index (κ2) is 5.34. The molecule has 0 spiro atoms. The lowest BCUT2D eigenvalue weighted by atomic mass is 9.84. The van der Waals surface area contributed by atoms with Gasteiger partial charge in [-0.05, 0) is 75.1 Å². The minimum absolute atomic E-state index is 0.341. The van der Waals surface area contributed by atoms with E-state index in [1.807, 2.05) is 0 Å². The lowest BCUT2D eigenvalue weighted by molar-refractivity contribution is 0.459. The van der Waals surface area contributed by atoms with Gasteiger partial charge in [0.25, 0.3) is 0 Å². The average Bonchev–Trinajstić information content (AvgIpc) is 2.94. The molecule has 1 aliphatic heterocycles. The van der Waals surface area contributed by atoms with Crippen molar-refractivity contribution in [2.75, 3.05) is 6.54 Å². The van der Waals surface area contributed by atoms with Crippen molar-refractivity contribution in [2.45, 2.75) is 57.9 Å². The maximum absolute atomic E-state index is 10.4. The van der Waals surface area contributed by atoms with Gasteiger partial charge < -0.3 is 10.4 Å². The molecule has 0 amide bonds. The summed E-state index contributed by atoms with van der Waals surface area (Å²) in [7, 11) is 0. The van der Waals surface area contributed by atoms with Crippen molar-refractivity contribution in [3.63, 3.8) is 0 Å². The van der Waals surface area contributed by atoms with Crippen LogP contribution in [0.15, 0.2) is 0 Å². The summed E-state index contributed by atoms with van der Waals surface area (Å²) in [6.45, 7) is 3.26. The van der Waals surface area contributed by atoms with E-state index in [1.54, 1.807) is 0 Å². The average molecular weight is 280 g/mol. The van der Waals surface area contributed by atoms with Crippen LogP contribution in [0.5, 0.6) is 5.75 Å². The van der Waals surface area contributed by atoms with E-state index in [9.17, 15) is 5.11 Å². The molecule has 1 unspecified atom stereocenters. The molecule has 1 heterocycles. The Morgan fingerprint density at radius 2 is 1.95 bits per heavy atom. The van der Waals surface area contributed by atoms with Crippen LogP contribution >= 0.6 is 11.6 Å². The molecule has 1 aromatic rings. The zero-order valence-corrected chi connectivity index (χ0v) is 12.3. The fourth-order valence-corrected chi connectivity index (χ4v) is 3.95. The number of aromatic hydroxyl groups is 1. The number of hydrogen-bond acceptors (Lipinski definition) is 2. The molecule has 1 aromatic carbocycles. The molecule has 0 radical (unpaired) electrons. The zero-order chi connectivity index (χ0) is 13.4. The fraction of sp³-hybridized carbons (Fsp3) is 0.625. The van der Waals surface area contributed by atoms with Crippen molar-refractivity contribution >= 4 is 11.6 Å². The molecule has 0 aromatic heterocycles. The van der Waals surface area contributed by atoms with Crippen molar-refractivity contribution in [3.05, 3.63) is 27.3 Å². The Morgan fingerprint density at radius 3 is 2.63 bits per heavy atom. The summed E-state index contributed by atoms with van der Waals surface area (Å²) in [5, 5.41) is 14.6. The van der Waals surface area contributed by atoms with Crippen molar-refractivity contribution < 1.29 is 5.11 Å². The van der Waals surface area contributed by atoms with Gasteiger partial charge in [-0.2, -0.15) is 0 Å². The quantitative estimate of drug-likeness (QED) is 0.868. The second-order valence-electron chi connectivity index (χ2n) is 5.93. The van der Waals surface area contributed by atoms with Gasteiger partial charge in [-0.25, -0.2) is 0 Å². The minimum Gasteiger partial charge on any atom is -0.506 e. The van der Waals surface area contributed by atoms with Gasteiger partial charge in [-0.3, -0.25) is 0 Å². The predicted molar refractivity (Wildman–Crippen MR) is 79.2 cm³/mol. The molecule has 19 heavy (non-hydrogen) atoms. The molecular weight excluding hydrogens is 258 g/mol. The van der Waals surface area contributed by atoms with Gasteiger partial charge in [0.05, 0.1) is 5.02 Å². The Balaban J connectivity index is 2.00. The highest BCUT2D eigenvalue weighted by molar-refractivity contribution is 6.33. The van der Waals surface area contributed by atoms with E-state index >= 15 is 0 Å². The number of fused-ring (bicyclic) bond motifs is 1. The predicted octanol–water partition coefficient (Wildman–Crippen LogP) is 3.53. The smallest absolute Gasteiger partial charge is 0.137 e. The Hall–Kier alpha value is -0.730. The van der Waals surface area contributed by atoms with E-state index in [2.05, 4.69) is 12.2 Å². The van der Waals surface area contributed by atoms with Crippen LogP contribution in [0.2, 0.25) is 5.02 Å². The first-order valence-corrected chi connectivity index (χ1v) is 7.81. The minimum atomic E-state index is 0.341. The van der Waals surface area contributed by atoms with Crippen molar-refractivity contribution in [1.29, 1.82) is 0 Å². The molecule has 2 aliphatic rings. The molecule has 1 atom stereocenters. The van der Waals surface area contributed by atoms with E-state index in [1.165, 1.54) is 42.4 Å². The topological polar surface area (TPSA) is 32.3 Å². The van der Waals surface area contributed by atoms with Crippen LogP contribution in [0.3, 0.4) is 0 Å². The normalized spacial score (nSPS) is 22.5. The van der Waals surface area contributed by atoms with Crippen molar-refractivity contribution in [1.82, 2.24) is 5.32 Å². The van der Waals surface area contributed by atoms with Crippen LogP contribution in [-0.2, 0) is 19.3 Å². The van der Waals surface area contributed by atoms with Gasteiger partial charge >= 0.3 is 0 Å². The van der Waals surface area contributed by atoms with E-state index in [0.29, 0.717) is 16.8 Å². The molecule has 1 fully saturated rings. The van der Waals surface area contributed by atoms with E-state index in [-0.39, 0.29) is 0 Å². The van der Waals surface area contributed by atoms with E-state index < -0.39 is 0 Å². The monoisotopic (exact) mass is 279 g/mol. The van der Waals surface area contributed by atoms with Gasteiger partial charge in [-0.15, -0.1) is 0 Å². The van der Waals surface area contributed by atoms with Crippen LogP contribution in [-0.4, -0.2) is 17.7 Å². The molecule has 3 heteroatoms. The van der Waals surface area contributed by atoms with Gasteiger partial charge in [0.15, 0.2) is 0 Å².